The Hall–Kier alpha value is 0.310. The molecule has 0 bridgehead atoms. The summed E-state index contributed by atoms with van der Waals surface area (Å²) in [6.45, 7) is 8.61. The quantitative estimate of drug-likeness (QED) is 0.608. The molecule has 1 saturated heterocycles. The van der Waals surface area contributed by atoms with E-state index < -0.39 is 8.60 Å². The van der Waals surface area contributed by atoms with Crippen LogP contribution in [0.5, 0.6) is 0 Å². The summed E-state index contributed by atoms with van der Waals surface area (Å²) in [5.74, 6) is 0. The van der Waals surface area contributed by atoms with Gasteiger partial charge < -0.3 is 13.6 Å². The molecule has 0 spiro atoms. The second-order valence-electron chi connectivity index (χ2n) is 3.08. The summed E-state index contributed by atoms with van der Waals surface area (Å²) >= 11 is 0. The van der Waals surface area contributed by atoms with Crippen molar-refractivity contribution >= 4 is 8.60 Å². The molecule has 1 fully saturated rings. The molecule has 0 amide bonds. The van der Waals surface area contributed by atoms with E-state index in [0.717, 1.165) is 0 Å². The number of hydrogen-bond donors (Lipinski definition) is 0. The summed E-state index contributed by atoms with van der Waals surface area (Å²) < 4.78 is 16.2. The van der Waals surface area contributed by atoms with Crippen LogP contribution in [0.4, 0.5) is 0 Å². The molecule has 1 heterocycles. The summed E-state index contributed by atoms with van der Waals surface area (Å²) in [5.41, 5.74) is -0.194. The van der Waals surface area contributed by atoms with Crippen molar-refractivity contribution in [3.63, 3.8) is 0 Å². The first-order valence-corrected chi connectivity index (χ1v) is 4.94. The van der Waals surface area contributed by atoms with Gasteiger partial charge in [-0.1, -0.05) is 0 Å². The van der Waals surface area contributed by atoms with E-state index in [1.54, 1.807) is 0 Å². The fourth-order valence-electron chi connectivity index (χ4n) is 0.706. The second kappa shape index (κ2) is 3.36. The average molecular weight is 178 g/mol. The van der Waals surface area contributed by atoms with E-state index in [9.17, 15) is 0 Å². The van der Waals surface area contributed by atoms with Crippen molar-refractivity contribution in [2.75, 3.05) is 6.61 Å². The van der Waals surface area contributed by atoms with Gasteiger partial charge in [-0.15, -0.1) is 0 Å². The zero-order chi connectivity index (χ0) is 8.48. The maximum atomic E-state index is 5.52. The van der Waals surface area contributed by atoms with Crippen LogP contribution in [-0.2, 0) is 13.6 Å². The molecule has 0 aliphatic carbocycles. The summed E-state index contributed by atoms with van der Waals surface area (Å²) in [7, 11) is -1.07. The van der Waals surface area contributed by atoms with Gasteiger partial charge in [0.05, 0.1) is 18.3 Å². The Kier molecular flexibility index (Phi) is 2.87. The Bertz CT molecular complexity index is 138. The lowest BCUT2D eigenvalue weighted by molar-refractivity contribution is 0.0837. The van der Waals surface area contributed by atoms with Gasteiger partial charge in [0, 0.05) is 0 Å². The van der Waals surface area contributed by atoms with Crippen LogP contribution in [0.2, 0.25) is 0 Å². The number of rotatable bonds is 2. The van der Waals surface area contributed by atoms with Gasteiger partial charge in [0.15, 0.2) is 0 Å². The third-order valence-electron chi connectivity index (χ3n) is 1.77. The second-order valence-corrected chi connectivity index (χ2v) is 4.18. The van der Waals surface area contributed by atoms with E-state index in [0.29, 0.717) is 6.61 Å². The fourth-order valence-corrected chi connectivity index (χ4v) is 2.12. The van der Waals surface area contributed by atoms with Crippen LogP contribution >= 0.6 is 8.60 Å². The Morgan fingerprint density at radius 3 is 2.55 bits per heavy atom. The highest BCUT2D eigenvalue weighted by molar-refractivity contribution is 7.42. The minimum atomic E-state index is -1.07. The van der Waals surface area contributed by atoms with Crippen LogP contribution in [0, 0.1) is 0 Å². The van der Waals surface area contributed by atoms with E-state index in [1.165, 1.54) is 0 Å². The molecule has 11 heavy (non-hydrogen) atoms. The number of hydrogen-bond acceptors (Lipinski definition) is 3. The van der Waals surface area contributed by atoms with Gasteiger partial charge in [0.25, 0.3) is 0 Å². The van der Waals surface area contributed by atoms with Gasteiger partial charge >= 0.3 is 8.60 Å². The zero-order valence-corrected chi connectivity index (χ0v) is 8.35. The molecule has 0 saturated carbocycles. The molecule has 1 aliphatic rings. The topological polar surface area (TPSA) is 27.7 Å². The van der Waals surface area contributed by atoms with Crippen LogP contribution < -0.4 is 0 Å². The predicted octanol–water partition coefficient (Wildman–Crippen LogP) is 2.46. The highest BCUT2D eigenvalue weighted by Crippen LogP contribution is 2.53. The fraction of sp³-hybridized carbons (Fsp3) is 1.00. The molecule has 0 aromatic rings. The SMILES string of the molecule is CCOP1OC(C)C(C)(C)O1. The van der Waals surface area contributed by atoms with Gasteiger partial charge in [-0.05, 0) is 27.7 Å². The van der Waals surface area contributed by atoms with Crippen molar-refractivity contribution in [3.05, 3.63) is 0 Å². The molecule has 2 unspecified atom stereocenters. The summed E-state index contributed by atoms with van der Waals surface area (Å²) in [6.07, 6.45) is 0.125. The smallest absolute Gasteiger partial charge is 0.313 e. The van der Waals surface area contributed by atoms with Crippen molar-refractivity contribution in [3.8, 4) is 0 Å². The molecule has 0 N–H and O–H groups in total. The van der Waals surface area contributed by atoms with Crippen molar-refractivity contribution in [2.45, 2.75) is 39.4 Å². The highest BCUT2D eigenvalue weighted by atomic mass is 31.2. The third-order valence-corrected chi connectivity index (χ3v) is 3.34. The predicted molar refractivity (Wildman–Crippen MR) is 44.3 cm³/mol. The van der Waals surface area contributed by atoms with Crippen LogP contribution in [0.1, 0.15) is 27.7 Å². The Labute approximate surface area is 69.0 Å². The molecule has 2 atom stereocenters. The van der Waals surface area contributed by atoms with Gasteiger partial charge in [-0.3, -0.25) is 0 Å². The van der Waals surface area contributed by atoms with E-state index in [1.807, 2.05) is 27.7 Å². The minimum Gasteiger partial charge on any atom is -0.313 e. The lowest BCUT2D eigenvalue weighted by atomic mass is 10.0. The molecule has 66 valence electrons. The van der Waals surface area contributed by atoms with Crippen LogP contribution in [0.25, 0.3) is 0 Å². The molecule has 0 aromatic heterocycles. The molecule has 4 heteroatoms. The maximum absolute atomic E-state index is 5.52. The molecular weight excluding hydrogens is 163 g/mol. The van der Waals surface area contributed by atoms with Gasteiger partial charge in [0.2, 0.25) is 0 Å². The van der Waals surface area contributed by atoms with E-state index in [2.05, 4.69) is 0 Å². The van der Waals surface area contributed by atoms with Gasteiger partial charge in [-0.2, -0.15) is 0 Å². The van der Waals surface area contributed by atoms with Crippen LogP contribution in [0.15, 0.2) is 0 Å². The van der Waals surface area contributed by atoms with Crippen LogP contribution in [0.3, 0.4) is 0 Å². The molecule has 1 rings (SSSR count). The summed E-state index contributed by atoms with van der Waals surface area (Å²) in [5, 5.41) is 0. The summed E-state index contributed by atoms with van der Waals surface area (Å²) in [4.78, 5) is 0. The molecular formula is C7H15O3P. The lowest BCUT2D eigenvalue weighted by Gasteiger charge is -2.18. The van der Waals surface area contributed by atoms with E-state index >= 15 is 0 Å². The first kappa shape index (κ1) is 9.40. The van der Waals surface area contributed by atoms with Crippen molar-refractivity contribution in [1.82, 2.24) is 0 Å². The molecule has 0 radical (unpaired) electrons. The maximum Gasteiger partial charge on any atom is 0.333 e. The third kappa shape index (κ3) is 2.12. The lowest BCUT2D eigenvalue weighted by Crippen LogP contribution is -2.29. The van der Waals surface area contributed by atoms with Crippen molar-refractivity contribution in [1.29, 1.82) is 0 Å². The van der Waals surface area contributed by atoms with Gasteiger partial charge in [0.1, 0.15) is 0 Å². The van der Waals surface area contributed by atoms with Crippen LogP contribution in [-0.4, -0.2) is 18.3 Å². The van der Waals surface area contributed by atoms with E-state index in [-0.39, 0.29) is 11.7 Å². The minimum absolute atomic E-state index is 0.125. The normalized spacial score (nSPS) is 36.0. The highest BCUT2D eigenvalue weighted by Gasteiger charge is 2.41. The molecule has 0 aromatic carbocycles. The Morgan fingerprint density at radius 1 is 1.55 bits per heavy atom. The monoisotopic (exact) mass is 178 g/mol. The molecule has 3 nitrogen and oxygen atoms in total. The first-order chi connectivity index (χ1) is 5.06. The molecule has 1 aliphatic heterocycles. The van der Waals surface area contributed by atoms with Gasteiger partial charge in [-0.25, -0.2) is 0 Å². The Balaban J connectivity index is 2.43. The Morgan fingerprint density at radius 2 is 2.18 bits per heavy atom. The zero-order valence-electron chi connectivity index (χ0n) is 7.46. The standard InChI is InChI=1S/C7H15O3P/c1-5-8-11-9-6(2)7(3,4)10-11/h6H,5H2,1-4H3. The van der Waals surface area contributed by atoms with Crippen molar-refractivity contribution < 1.29 is 13.6 Å². The largest absolute Gasteiger partial charge is 0.333 e. The average Bonchev–Trinajstić information content (AvgIpc) is 2.08. The van der Waals surface area contributed by atoms with Crippen molar-refractivity contribution in [2.24, 2.45) is 0 Å². The van der Waals surface area contributed by atoms with E-state index in [4.69, 9.17) is 13.6 Å². The first-order valence-electron chi connectivity index (χ1n) is 3.85. The summed E-state index contributed by atoms with van der Waals surface area (Å²) in [6, 6.07) is 0.